The van der Waals surface area contributed by atoms with E-state index in [2.05, 4.69) is 26.0 Å². The Hall–Kier alpha value is -4.81. The highest BCUT2D eigenvalue weighted by Gasteiger charge is 2.38. The van der Waals surface area contributed by atoms with E-state index in [1.807, 2.05) is 24.4 Å². The molecule has 0 spiro atoms. The van der Waals surface area contributed by atoms with Crippen LogP contribution in [-0.4, -0.2) is 86.2 Å². The highest BCUT2D eigenvalue weighted by atomic mass is 19.4. The molecule has 4 aromatic heterocycles. The van der Waals surface area contributed by atoms with Gasteiger partial charge in [0.15, 0.2) is 0 Å². The van der Waals surface area contributed by atoms with Crippen molar-refractivity contribution >= 4 is 17.3 Å². The van der Waals surface area contributed by atoms with Crippen LogP contribution in [0.2, 0.25) is 0 Å². The standard InChI is InChI=1S/C26H26FN7O2.C2HF3O2/c27-21-3-4-22(29-16-21)17-32-6-8-33(9-7-32)25-5-2-19(14-30-25)24-12-23(36-11-1-10-35)18-34-26(24)20(13-28)15-31-34;3-2(4,5)1(6)7/h2-5,12,14-16,18,35H,1,6-11,17H2;(H,6,7). The molecule has 0 aromatic carbocycles. The third-order valence-electron chi connectivity index (χ3n) is 6.45. The van der Waals surface area contributed by atoms with E-state index in [0.29, 0.717) is 36.4 Å². The summed E-state index contributed by atoms with van der Waals surface area (Å²) in [5, 5.41) is 30.0. The van der Waals surface area contributed by atoms with Crippen molar-refractivity contribution in [3.8, 4) is 22.9 Å². The smallest absolute Gasteiger partial charge is 0.490 e. The number of pyridine rings is 3. The van der Waals surface area contributed by atoms with Crippen LogP contribution in [0.1, 0.15) is 17.7 Å². The number of piperazine rings is 1. The van der Waals surface area contributed by atoms with Gasteiger partial charge in [-0.25, -0.2) is 18.7 Å². The Morgan fingerprint density at radius 1 is 1.07 bits per heavy atom. The number of nitriles is 1. The van der Waals surface area contributed by atoms with Crippen LogP contribution < -0.4 is 9.64 Å². The van der Waals surface area contributed by atoms with E-state index in [1.165, 1.54) is 12.3 Å². The molecule has 43 heavy (non-hydrogen) atoms. The van der Waals surface area contributed by atoms with Crippen molar-refractivity contribution in [2.45, 2.75) is 19.1 Å². The summed E-state index contributed by atoms with van der Waals surface area (Å²) in [6, 6.07) is 11.2. The van der Waals surface area contributed by atoms with Gasteiger partial charge in [-0.05, 0) is 30.3 Å². The fourth-order valence-electron chi connectivity index (χ4n) is 4.33. The third-order valence-corrected chi connectivity index (χ3v) is 6.45. The molecule has 0 saturated carbocycles. The first-order valence-corrected chi connectivity index (χ1v) is 13.1. The lowest BCUT2D eigenvalue weighted by molar-refractivity contribution is -0.192. The molecule has 0 unspecified atom stereocenters. The number of ether oxygens (including phenoxy) is 1. The maximum atomic E-state index is 13.1. The molecular weight excluding hydrogens is 574 g/mol. The number of aliphatic carboxylic acids is 1. The minimum Gasteiger partial charge on any atom is -0.492 e. The number of rotatable bonds is 8. The number of carbonyl (C=O) groups is 1. The van der Waals surface area contributed by atoms with Gasteiger partial charge in [-0.1, -0.05) is 0 Å². The molecule has 0 radical (unpaired) electrons. The number of halogens is 4. The van der Waals surface area contributed by atoms with Gasteiger partial charge >= 0.3 is 12.1 Å². The summed E-state index contributed by atoms with van der Waals surface area (Å²) < 4.78 is 52.3. The quantitative estimate of drug-likeness (QED) is 0.228. The van der Waals surface area contributed by atoms with E-state index >= 15 is 0 Å². The number of aliphatic hydroxyl groups excluding tert-OH is 1. The van der Waals surface area contributed by atoms with Crippen molar-refractivity contribution in [3.63, 3.8) is 0 Å². The number of nitrogens with zero attached hydrogens (tertiary/aromatic N) is 7. The SMILES string of the molecule is N#Cc1cnn2cc(OCCCO)cc(-c3ccc(N4CCN(Cc5ccc(F)cn5)CC4)nc3)c12.O=C(O)C(F)(F)F. The second kappa shape index (κ2) is 13.9. The van der Waals surface area contributed by atoms with Gasteiger partial charge in [-0.2, -0.15) is 23.5 Å². The van der Waals surface area contributed by atoms with Crippen LogP contribution in [0.5, 0.6) is 5.75 Å². The Balaban J connectivity index is 0.000000541. The molecule has 5 rings (SSSR count). The summed E-state index contributed by atoms with van der Waals surface area (Å²) in [6.45, 7) is 4.50. The van der Waals surface area contributed by atoms with Crippen LogP contribution in [0, 0.1) is 17.1 Å². The first-order valence-electron chi connectivity index (χ1n) is 13.1. The summed E-state index contributed by atoms with van der Waals surface area (Å²) in [7, 11) is 0. The number of anilines is 1. The number of carboxylic acids is 1. The van der Waals surface area contributed by atoms with Gasteiger partial charge in [0.05, 0.1) is 42.0 Å². The fourth-order valence-corrected chi connectivity index (χ4v) is 4.33. The largest absolute Gasteiger partial charge is 0.492 e. The zero-order valence-corrected chi connectivity index (χ0v) is 22.7. The lowest BCUT2D eigenvalue weighted by Gasteiger charge is -2.35. The Labute approximate surface area is 243 Å². The van der Waals surface area contributed by atoms with Crippen molar-refractivity contribution in [2.24, 2.45) is 0 Å². The number of hydrogen-bond acceptors (Lipinski definition) is 9. The zero-order valence-electron chi connectivity index (χ0n) is 22.7. The Morgan fingerprint density at radius 2 is 1.81 bits per heavy atom. The summed E-state index contributed by atoms with van der Waals surface area (Å²) in [6.07, 6.45) is 1.79. The normalized spacial score (nSPS) is 13.7. The van der Waals surface area contributed by atoms with Gasteiger partial charge in [0.25, 0.3) is 0 Å². The second-order valence-electron chi connectivity index (χ2n) is 9.42. The highest BCUT2D eigenvalue weighted by Crippen LogP contribution is 2.31. The lowest BCUT2D eigenvalue weighted by Crippen LogP contribution is -2.46. The summed E-state index contributed by atoms with van der Waals surface area (Å²) in [5.41, 5.74) is 3.70. The van der Waals surface area contributed by atoms with Crippen molar-refractivity contribution in [1.82, 2.24) is 24.5 Å². The summed E-state index contributed by atoms with van der Waals surface area (Å²) >= 11 is 0. The van der Waals surface area contributed by atoms with Crippen LogP contribution >= 0.6 is 0 Å². The molecule has 11 nitrogen and oxygen atoms in total. The van der Waals surface area contributed by atoms with E-state index in [-0.39, 0.29) is 12.4 Å². The molecule has 5 heterocycles. The van der Waals surface area contributed by atoms with Crippen LogP contribution in [0.15, 0.2) is 55.1 Å². The minimum atomic E-state index is -5.08. The summed E-state index contributed by atoms with van der Waals surface area (Å²) in [4.78, 5) is 22.3. The number of carboxylic acid groups (broad SMARTS) is 1. The number of aromatic nitrogens is 4. The molecule has 1 saturated heterocycles. The molecular formula is C28H27F4N7O4. The van der Waals surface area contributed by atoms with Crippen LogP contribution in [-0.2, 0) is 11.3 Å². The predicted octanol–water partition coefficient (Wildman–Crippen LogP) is 3.52. The average molecular weight is 602 g/mol. The second-order valence-corrected chi connectivity index (χ2v) is 9.42. The Morgan fingerprint density at radius 3 is 2.40 bits per heavy atom. The Kier molecular flexibility index (Phi) is 10.1. The third kappa shape index (κ3) is 8.15. The topological polar surface area (TPSA) is 140 Å². The molecule has 2 N–H and O–H groups in total. The van der Waals surface area contributed by atoms with Crippen molar-refractivity contribution < 1.29 is 37.3 Å². The molecule has 0 atom stereocenters. The molecule has 0 aliphatic carbocycles. The molecule has 15 heteroatoms. The molecule has 0 amide bonds. The Bertz CT molecular complexity index is 1560. The fraction of sp³-hybridized carbons (Fsp3) is 0.321. The molecule has 1 fully saturated rings. The van der Waals surface area contributed by atoms with E-state index in [0.717, 1.165) is 48.8 Å². The predicted molar refractivity (Wildman–Crippen MR) is 146 cm³/mol. The molecule has 226 valence electrons. The molecule has 1 aliphatic rings. The number of alkyl halides is 3. The zero-order chi connectivity index (χ0) is 31.0. The van der Waals surface area contributed by atoms with Gasteiger partial charge in [-0.15, -0.1) is 0 Å². The van der Waals surface area contributed by atoms with Crippen molar-refractivity contribution in [3.05, 3.63) is 72.2 Å². The van der Waals surface area contributed by atoms with Gasteiger partial charge in [0.1, 0.15) is 23.5 Å². The van der Waals surface area contributed by atoms with E-state index in [1.54, 1.807) is 23.0 Å². The van der Waals surface area contributed by atoms with Crippen LogP contribution in [0.25, 0.3) is 16.6 Å². The van der Waals surface area contributed by atoms with Crippen LogP contribution in [0.4, 0.5) is 23.4 Å². The number of hydrogen-bond donors (Lipinski definition) is 2. The van der Waals surface area contributed by atoms with Crippen molar-refractivity contribution in [2.75, 3.05) is 44.3 Å². The van der Waals surface area contributed by atoms with Gasteiger partial charge in [-0.3, -0.25) is 9.88 Å². The van der Waals surface area contributed by atoms with Gasteiger partial charge in [0.2, 0.25) is 0 Å². The molecule has 1 aliphatic heterocycles. The maximum absolute atomic E-state index is 13.1. The van der Waals surface area contributed by atoms with Crippen LogP contribution in [0.3, 0.4) is 0 Å². The maximum Gasteiger partial charge on any atom is 0.490 e. The van der Waals surface area contributed by atoms with E-state index < -0.39 is 12.1 Å². The first-order chi connectivity index (χ1) is 20.6. The molecule has 0 bridgehead atoms. The van der Waals surface area contributed by atoms with E-state index in [4.69, 9.17) is 24.7 Å². The van der Waals surface area contributed by atoms with Gasteiger partial charge in [0, 0.05) is 63.1 Å². The van der Waals surface area contributed by atoms with E-state index in [9.17, 15) is 22.8 Å². The van der Waals surface area contributed by atoms with Crippen molar-refractivity contribution in [1.29, 1.82) is 5.26 Å². The molecule has 4 aromatic rings. The lowest BCUT2D eigenvalue weighted by atomic mass is 10.1. The monoisotopic (exact) mass is 601 g/mol. The van der Waals surface area contributed by atoms with Gasteiger partial charge < -0.3 is 19.8 Å². The number of fused-ring (bicyclic) bond motifs is 1. The highest BCUT2D eigenvalue weighted by molar-refractivity contribution is 5.85. The summed E-state index contributed by atoms with van der Waals surface area (Å²) in [5.74, 6) is -1.59. The minimum absolute atomic E-state index is 0.0538. The first kappa shape index (κ1) is 31.1. The number of aliphatic hydroxyl groups is 1. The average Bonchev–Trinajstić information content (AvgIpc) is 3.42.